The highest BCUT2D eigenvalue weighted by molar-refractivity contribution is 5.88. The van der Waals surface area contributed by atoms with Crippen LogP contribution in [0.25, 0.3) is 0 Å². The summed E-state index contributed by atoms with van der Waals surface area (Å²) in [4.78, 5) is 15.7. The largest absolute Gasteiger partial charge is 0.334 e. The molecule has 0 unspecified atom stereocenters. The molecule has 0 radical (unpaired) electrons. The molecule has 0 aliphatic carbocycles. The van der Waals surface area contributed by atoms with Crippen molar-refractivity contribution in [1.82, 2.24) is 10.3 Å². The van der Waals surface area contributed by atoms with Gasteiger partial charge in [-0.1, -0.05) is 24.3 Å². The number of anilines is 1. The van der Waals surface area contributed by atoms with Crippen LogP contribution in [0.5, 0.6) is 0 Å². The third kappa shape index (κ3) is 3.51. The number of aryl methyl sites for hydroxylation is 1. The topological polar surface area (TPSA) is 54.0 Å². The van der Waals surface area contributed by atoms with Crippen LogP contribution in [-0.4, -0.2) is 11.0 Å². The van der Waals surface area contributed by atoms with E-state index >= 15 is 0 Å². The molecule has 2 aromatic rings. The summed E-state index contributed by atoms with van der Waals surface area (Å²) in [5.74, 6) is 0.158. The van der Waals surface area contributed by atoms with Crippen LogP contribution in [0.2, 0.25) is 0 Å². The van der Waals surface area contributed by atoms with Crippen molar-refractivity contribution < 1.29 is 9.18 Å². The molecule has 0 spiro atoms. The minimum absolute atomic E-state index is 0.129. The van der Waals surface area contributed by atoms with Crippen molar-refractivity contribution >= 4 is 11.8 Å². The number of carbonyl (C=O) groups excluding carboxylic acids is 1. The monoisotopic (exact) mass is 259 g/mol. The van der Waals surface area contributed by atoms with Crippen molar-refractivity contribution in [3.8, 4) is 0 Å². The highest BCUT2D eigenvalue weighted by atomic mass is 19.1. The molecule has 0 aliphatic heterocycles. The van der Waals surface area contributed by atoms with Crippen LogP contribution in [0.1, 0.15) is 11.1 Å². The van der Waals surface area contributed by atoms with Gasteiger partial charge in [-0.15, -0.1) is 0 Å². The number of aromatic nitrogens is 1. The number of benzene rings is 1. The number of rotatable bonds is 3. The van der Waals surface area contributed by atoms with Crippen LogP contribution in [-0.2, 0) is 6.54 Å². The summed E-state index contributed by atoms with van der Waals surface area (Å²) in [7, 11) is 0. The predicted molar refractivity (Wildman–Crippen MR) is 71.2 cm³/mol. The molecule has 1 heterocycles. The maximum atomic E-state index is 13.3. The van der Waals surface area contributed by atoms with E-state index in [2.05, 4.69) is 15.6 Å². The van der Waals surface area contributed by atoms with Gasteiger partial charge < -0.3 is 5.32 Å². The number of amides is 2. The average Bonchev–Trinajstić information content (AvgIpc) is 2.40. The van der Waals surface area contributed by atoms with Crippen molar-refractivity contribution in [2.45, 2.75) is 13.5 Å². The predicted octanol–water partition coefficient (Wildman–Crippen LogP) is 2.85. The van der Waals surface area contributed by atoms with Crippen LogP contribution in [0, 0.1) is 12.7 Å². The third-order valence-electron chi connectivity index (χ3n) is 2.64. The van der Waals surface area contributed by atoms with Gasteiger partial charge in [0.2, 0.25) is 0 Å². The quantitative estimate of drug-likeness (QED) is 0.890. The van der Waals surface area contributed by atoms with Gasteiger partial charge in [-0.2, -0.15) is 0 Å². The standard InChI is InChI=1S/C14H14FN3O/c1-10-5-4-8-16-13(10)18-14(19)17-9-11-6-2-3-7-12(11)15/h2-8H,9H2,1H3,(H2,16,17,18,19). The van der Waals surface area contributed by atoms with Crippen LogP contribution >= 0.6 is 0 Å². The molecule has 0 saturated carbocycles. The Bertz CT molecular complexity index is 586. The first-order valence-corrected chi connectivity index (χ1v) is 5.86. The second kappa shape index (κ2) is 5.95. The second-order valence-corrected chi connectivity index (χ2v) is 4.07. The minimum Gasteiger partial charge on any atom is -0.334 e. The molecular formula is C14H14FN3O. The van der Waals surface area contributed by atoms with E-state index in [0.29, 0.717) is 11.4 Å². The maximum absolute atomic E-state index is 13.3. The number of carbonyl (C=O) groups is 1. The molecule has 1 aromatic carbocycles. The number of hydrogen-bond acceptors (Lipinski definition) is 2. The van der Waals surface area contributed by atoms with Crippen LogP contribution < -0.4 is 10.6 Å². The second-order valence-electron chi connectivity index (χ2n) is 4.07. The molecule has 5 heteroatoms. The smallest absolute Gasteiger partial charge is 0.320 e. The Balaban J connectivity index is 1.92. The molecular weight excluding hydrogens is 245 g/mol. The summed E-state index contributed by atoms with van der Waals surface area (Å²) in [6.07, 6.45) is 1.60. The lowest BCUT2D eigenvalue weighted by Crippen LogP contribution is -2.29. The molecule has 0 fully saturated rings. The van der Waals surface area contributed by atoms with Gasteiger partial charge in [-0.3, -0.25) is 5.32 Å². The van der Waals surface area contributed by atoms with E-state index in [9.17, 15) is 9.18 Å². The molecule has 4 nitrogen and oxygen atoms in total. The Kier molecular flexibility index (Phi) is 4.07. The first-order valence-electron chi connectivity index (χ1n) is 5.86. The summed E-state index contributed by atoms with van der Waals surface area (Å²) < 4.78 is 13.3. The molecule has 0 bridgehead atoms. The Hall–Kier alpha value is -2.43. The molecule has 19 heavy (non-hydrogen) atoms. The number of urea groups is 1. The Labute approximate surface area is 110 Å². The normalized spacial score (nSPS) is 10.0. The van der Waals surface area contributed by atoms with Gasteiger partial charge in [0.05, 0.1) is 0 Å². The average molecular weight is 259 g/mol. The Morgan fingerprint density at radius 3 is 2.79 bits per heavy atom. The van der Waals surface area contributed by atoms with Crippen LogP contribution in [0.3, 0.4) is 0 Å². The fraction of sp³-hybridized carbons (Fsp3) is 0.143. The number of halogens is 1. The van der Waals surface area contributed by atoms with Gasteiger partial charge in [-0.05, 0) is 24.6 Å². The van der Waals surface area contributed by atoms with E-state index in [0.717, 1.165) is 5.56 Å². The Morgan fingerprint density at radius 1 is 1.26 bits per heavy atom. The molecule has 2 N–H and O–H groups in total. The first-order chi connectivity index (χ1) is 9.16. The molecule has 0 saturated heterocycles. The fourth-order valence-corrected chi connectivity index (χ4v) is 1.59. The number of pyridine rings is 1. The van der Waals surface area contributed by atoms with Crippen molar-refractivity contribution in [2.24, 2.45) is 0 Å². The summed E-state index contributed by atoms with van der Waals surface area (Å²) in [6, 6.07) is 9.54. The summed E-state index contributed by atoms with van der Waals surface area (Å²) in [5, 5.41) is 5.20. The van der Waals surface area contributed by atoms with Crippen LogP contribution in [0.15, 0.2) is 42.6 Å². The van der Waals surface area contributed by atoms with E-state index < -0.39 is 6.03 Å². The lowest BCUT2D eigenvalue weighted by Gasteiger charge is -2.09. The zero-order valence-electron chi connectivity index (χ0n) is 10.5. The van der Waals surface area contributed by atoms with Gasteiger partial charge >= 0.3 is 6.03 Å². The van der Waals surface area contributed by atoms with Gasteiger partial charge in [0.25, 0.3) is 0 Å². The van der Waals surface area contributed by atoms with E-state index in [1.54, 1.807) is 30.5 Å². The van der Waals surface area contributed by atoms with Crippen LogP contribution in [0.4, 0.5) is 15.0 Å². The molecule has 98 valence electrons. The van der Waals surface area contributed by atoms with Crippen molar-refractivity contribution in [3.63, 3.8) is 0 Å². The molecule has 2 rings (SSSR count). The molecule has 0 aliphatic rings. The van der Waals surface area contributed by atoms with E-state index in [1.807, 2.05) is 13.0 Å². The van der Waals surface area contributed by atoms with Crippen molar-refractivity contribution in [1.29, 1.82) is 0 Å². The van der Waals surface area contributed by atoms with E-state index in [-0.39, 0.29) is 12.4 Å². The summed E-state index contributed by atoms with van der Waals surface area (Å²) >= 11 is 0. The van der Waals surface area contributed by atoms with Gasteiger partial charge in [-0.25, -0.2) is 14.2 Å². The van der Waals surface area contributed by atoms with Gasteiger partial charge in [0.15, 0.2) is 0 Å². The minimum atomic E-state index is -0.412. The summed E-state index contributed by atoms with van der Waals surface area (Å²) in [5.41, 5.74) is 1.30. The van der Waals surface area contributed by atoms with Gasteiger partial charge in [0.1, 0.15) is 11.6 Å². The van der Waals surface area contributed by atoms with E-state index in [1.165, 1.54) is 6.07 Å². The Morgan fingerprint density at radius 2 is 2.05 bits per heavy atom. The zero-order valence-corrected chi connectivity index (χ0v) is 10.5. The molecule has 1 aromatic heterocycles. The lowest BCUT2D eigenvalue weighted by atomic mass is 10.2. The zero-order chi connectivity index (χ0) is 13.7. The lowest BCUT2D eigenvalue weighted by molar-refractivity contribution is 0.251. The first kappa shape index (κ1) is 13.0. The van der Waals surface area contributed by atoms with Crippen molar-refractivity contribution in [2.75, 3.05) is 5.32 Å². The number of hydrogen-bond donors (Lipinski definition) is 2. The maximum Gasteiger partial charge on any atom is 0.320 e. The molecule has 0 atom stereocenters. The number of nitrogens with one attached hydrogen (secondary N) is 2. The summed E-state index contributed by atoms with van der Waals surface area (Å²) in [6.45, 7) is 1.98. The highest BCUT2D eigenvalue weighted by Gasteiger charge is 2.06. The third-order valence-corrected chi connectivity index (χ3v) is 2.64. The SMILES string of the molecule is Cc1cccnc1NC(=O)NCc1ccccc1F. The van der Waals surface area contributed by atoms with Crippen molar-refractivity contribution in [3.05, 3.63) is 59.5 Å². The highest BCUT2D eigenvalue weighted by Crippen LogP contribution is 2.09. The molecule has 2 amide bonds. The van der Waals surface area contributed by atoms with Gasteiger partial charge in [0, 0.05) is 18.3 Å². The van der Waals surface area contributed by atoms with E-state index in [4.69, 9.17) is 0 Å². The number of nitrogens with zero attached hydrogens (tertiary/aromatic N) is 1. The fourth-order valence-electron chi connectivity index (χ4n) is 1.59.